The van der Waals surface area contributed by atoms with Gasteiger partial charge in [-0.3, -0.25) is 0 Å². The SMILES string of the molecule is O=[N+]([O-])c1ccc(NCc2sccc2Br)cn1. The normalized spacial score (nSPS) is 10.2. The van der Waals surface area contributed by atoms with Crippen LogP contribution in [0.4, 0.5) is 11.5 Å². The highest BCUT2D eigenvalue weighted by atomic mass is 79.9. The van der Waals surface area contributed by atoms with Crippen LogP contribution in [0, 0.1) is 10.1 Å². The van der Waals surface area contributed by atoms with Crippen molar-refractivity contribution in [1.82, 2.24) is 4.98 Å². The zero-order valence-corrected chi connectivity index (χ0v) is 11.0. The smallest absolute Gasteiger partial charge is 0.363 e. The molecular weight excluding hydrogens is 306 g/mol. The van der Waals surface area contributed by atoms with Crippen LogP contribution >= 0.6 is 27.3 Å². The number of pyridine rings is 1. The molecule has 88 valence electrons. The molecule has 5 nitrogen and oxygen atoms in total. The topological polar surface area (TPSA) is 68.1 Å². The van der Waals surface area contributed by atoms with E-state index in [0.717, 1.165) is 10.2 Å². The average Bonchev–Trinajstić information content (AvgIpc) is 2.73. The summed E-state index contributed by atoms with van der Waals surface area (Å²) in [5, 5.41) is 15.6. The highest BCUT2D eigenvalue weighted by Crippen LogP contribution is 2.23. The van der Waals surface area contributed by atoms with E-state index in [1.807, 2.05) is 11.4 Å². The summed E-state index contributed by atoms with van der Waals surface area (Å²) in [5.74, 6) is -0.146. The third-order valence-corrected chi connectivity index (χ3v) is 4.01. The number of nitrogens with zero attached hydrogens (tertiary/aromatic N) is 2. The molecule has 0 spiro atoms. The average molecular weight is 314 g/mol. The van der Waals surface area contributed by atoms with Gasteiger partial charge < -0.3 is 15.4 Å². The lowest BCUT2D eigenvalue weighted by Gasteiger charge is -2.03. The monoisotopic (exact) mass is 313 g/mol. The first-order valence-electron chi connectivity index (χ1n) is 4.73. The fourth-order valence-corrected chi connectivity index (χ4v) is 2.66. The Balaban J connectivity index is 2.00. The van der Waals surface area contributed by atoms with Crippen LogP contribution in [0.5, 0.6) is 0 Å². The minimum Gasteiger partial charge on any atom is -0.377 e. The van der Waals surface area contributed by atoms with E-state index in [0.29, 0.717) is 6.54 Å². The zero-order valence-electron chi connectivity index (χ0n) is 8.59. The second-order valence-corrected chi connectivity index (χ2v) is 5.06. The van der Waals surface area contributed by atoms with Crippen molar-refractivity contribution in [2.45, 2.75) is 6.54 Å². The maximum atomic E-state index is 10.4. The van der Waals surface area contributed by atoms with Crippen LogP contribution in [0.15, 0.2) is 34.2 Å². The van der Waals surface area contributed by atoms with E-state index in [2.05, 4.69) is 26.2 Å². The molecule has 0 aliphatic carbocycles. The number of halogens is 1. The first-order chi connectivity index (χ1) is 8.16. The minimum absolute atomic E-state index is 0.146. The fraction of sp³-hybridized carbons (Fsp3) is 0.100. The molecule has 7 heteroatoms. The fourth-order valence-electron chi connectivity index (χ4n) is 1.23. The third kappa shape index (κ3) is 3.01. The van der Waals surface area contributed by atoms with Gasteiger partial charge in [0.15, 0.2) is 6.20 Å². The van der Waals surface area contributed by atoms with Gasteiger partial charge >= 0.3 is 5.82 Å². The molecule has 2 rings (SSSR count). The summed E-state index contributed by atoms with van der Waals surface area (Å²) in [5.41, 5.74) is 0.760. The molecule has 0 aliphatic rings. The maximum Gasteiger partial charge on any atom is 0.363 e. The van der Waals surface area contributed by atoms with Crippen molar-refractivity contribution < 1.29 is 4.92 Å². The Labute approximate surface area is 110 Å². The number of nitro groups is 1. The summed E-state index contributed by atoms with van der Waals surface area (Å²) >= 11 is 5.07. The van der Waals surface area contributed by atoms with Gasteiger partial charge in [-0.15, -0.1) is 11.3 Å². The van der Waals surface area contributed by atoms with E-state index >= 15 is 0 Å². The van der Waals surface area contributed by atoms with Crippen LogP contribution in [0.2, 0.25) is 0 Å². The number of anilines is 1. The van der Waals surface area contributed by atoms with Gasteiger partial charge in [0.05, 0.1) is 12.2 Å². The number of nitrogens with one attached hydrogen (secondary N) is 1. The minimum atomic E-state index is -0.514. The zero-order chi connectivity index (χ0) is 12.3. The van der Waals surface area contributed by atoms with Crippen molar-refractivity contribution in [2.24, 2.45) is 0 Å². The molecule has 2 heterocycles. The molecule has 0 aromatic carbocycles. The van der Waals surface area contributed by atoms with Gasteiger partial charge in [0.25, 0.3) is 0 Å². The van der Waals surface area contributed by atoms with Gasteiger partial charge in [0, 0.05) is 15.4 Å². The van der Waals surface area contributed by atoms with Crippen molar-refractivity contribution in [1.29, 1.82) is 0 Å². The van der Waals surface area contributed by atoms with Gasteiger partial charge in [-0.1, -0.05) is 0 Å². The molecule has 2 aromatic rings. The van der Waals surface area contributed by atoms with Gasteiger partial charge in [-0.05, 0) is 43.4 Å². The van der Waals surface area contributed by atoms with Crippen molar-refractivity contribution in [3.63, 3.8) is 0 Å². The number of rotatable bonds is 4. The van der Waals surface area contributed by atoms with Gasteiger partial charge in [0.1, 0.15) is 0 Å². The summed E-state index contributed by atoms with van der Waals surface area (Å²) in [6.45, 7) is 0.664. The van der Waals surface area contributed by atoms with E-state index in [4.69, 9.17) is 0 Å². The van der Waals surface area contributed by atoms with Crippen molar-refractivity contribution in [2.75, 3.05) is 5.32 Å². The summed E-state index contributed by atoms with van der Waals surface area (Å²) in [6.07, 6.45) is 1.46. The Morgan fingerprint density at radius 1 is 1.47 bits per heavy atom. The summed E-state index contributed by atoms with van der Waals surface area (Å²) in [6, 6.07) is 5.01. The first-order valence-corrected chi connectivity index (χ1v) is 6.40. The first kappa shape index (κ1) is 12.0. The predicted molar refractivity (Wildman–Crippen MR) is 70.2 cm³/mol. The standard InChI is InChI=1S/C10H8BrN3O2S/c11-8-3-4-17-9(8)6-12-7-1-2-10(13-5-7)14(15)16/h1-5,12H,6H2. The molecule has 0 aliphatic heterocycles. The van der Waals surface area contributed by atoms with E-state index in [1.54, 1.807) is 17.4 Å². The lowest BCUT2D eigenvalue weighted by molar-refractivity contribution is -0.389. The van der Waals surface area contributed by atoms with Crippen LogP contribution in [0.1, 0.15) is 4.88 Å². The van der Waals surface area contributed by atoms with Crippen LogP contribution in [-0.4, -0.2) is 9.91 Å². The van der Waals surface area contributed by atoms with Crippen LogP contribution in [-0.2, 0) is 6.54 Å². The third-order valence-electron chi connectivity index (χ3n) is 2.08. The second kappa shape index (κ2) is 5.24. The van der Waals surface area contributed by atoms with Gasteiger partial charge in [-0.25, -0.2) is 0 Å². The molecule has 0 fully saturated rings. The molecule has 0 unspecified atom stereocenters. The van der Waals surface area contributed by atoms with Crippen molar-refractivity contribution in [3.8, 4) is 0 Å². The largest absolute Gasteiger partial charge is 0.377 e. The Kier molecular flexibility index (Phi) is 3.70. The lowest BCUT2D eigenvalue weighted by atomic mass is 10.4. The van der Waals surface area contributed by atoms with Gasteiger partial charge in [-0.2, -0.15) is 0 Å². The Morgan fingerprint density at radius 3 is 2.82 bits per heavy atom. The summed E-state index contributed by atoms with van der Waals surface area (Å²) in [7, 11) is 0. The second-order valence-electron chi connectivity index (χ2n) is 3.21. The van der Waals surface area contributed by atoms with Crippen LogP contribution in [0.3, 0.4) is 0 Å². The van der Waals surface area contributed by atoms with Crippen LogP contribution in [0.25, 0.3) is 0 Å². The summed E-state index contributed by atoms with van der Waals surface area (Å²) in [4.78, 5) is 14.8. The lowest BCUT2D eigenvalue weighted by Crippen LogP contribution is -1.99. The predicted octanol–water partition coefficient (Wildman–Crippen LogP) is 3.43. The van der Waals surface area contributed by atoms with Crippen molar-refractivity contribution >= 4 is 38.8 Å². The Hall–Kier alpha value is -1.47. The highest BCUT2D eigenvalue weighted by molar-refractivity contribution is 9.10. The Bertz CT molecular complexity index is 527. The molecule has 1 N–H and O–H groups in total. The molecule has 17 heavy (non-hydrogen) atoms. The van der Waals surface area contributed by atoms with Crippen LogP contribution < -0.4 is 5.32 Å². The number of hydrogen-bond donors (Lipinski definition) is 1. The molecule has 0 saturated carbocycles. The summed E-state index contributed by atoms with van der Waals surface area (Å²) < 4.78 is 1.06. The van der Waals surface area contributed by atoms with E-state index in [1.165, 1.54) is 17.1 Å². The number of aromatic nitrogens is 1. The molecular formula is C10H8BrN3O2S. The molecule has 0 atom stereocenters. The van der Waals surface area contributed by atoms with E-state index in [-0.39, 0.29) is 5.82 Å². The quantitative estimate of drug-likeness (QED) is 0.693. The Morgan fingerprint density at radius 2 is 2.29 bits per heavy atom. The molecule has 0 radical (unpaired) electrons. The highest BCUT2D eigenvalue weighted by Gasteiger charge is 2.06. The molecule has 0 bridgehead atoms. The van der Waals surface area contributed by atoms with Gasteiger partial charge in [0.2, 0.25) is 0 Å². The van der Waals surface area contributed by atoms with E-state index in [9.17, 15) is 10.1 Å². The number of thiophene rings is 1. The molecule has 2 aromatic heterocycles. The van der Waals surface area contributed by atoms with Crippen molar-refractivity contribution in [3.05, 3.63) is 49.2 Å². The maximum absolute atomic E-state index is 10.4. The number of hydrogen-bond acceptors (Lipinski definition) is 5. The van der Waals surface area contributed by atoms with E-state index < -0.39 is 4.92 Å². The molecule has 0 saturated heterocycles. The molecule has 0 amide bonds.